The smallest absolute Gasteiger partial charge is 0.272 e. The van der Waals surface area contributed by atoms with Crippen LogP contribution in [0.4, 0.5) is 0 Å². The number of hydrogen-bond acceptors (Lipinski definition) is 5. The molecule has 7 nitrogen and oxygen atoms in total. The molecule has 2 heterocycles. The summed E-state index contributed by atoms with van der Waals surface area (Å²) < 4.78 is 27.1. The second-order valence-corrected chi connectivity index (χ2v) is 10.0. The van der Waals surface area contributed by atoms with Gasteiger partial charge in [0.2, 0.25) is 0 Å². The van der Waals surface area contributed by atoms with Crippen molar-refractivity contribution in [2.75, 3.05) is 20.1 Å². The van der Waals surface area contributed by atoms with Crippen molar-refractivity contribution in [3.63, 3.8) is 0 Å². The Morgan fingerprint density at radius 3 is 2.72 bits per heavy atom. The third-order valence-corrected chi connectivity index (χ3v) is 7.81. The van der Waals surface area contributed by atoms with Gasteiger partial charge in [0.25, 0.3) is 5.91 Å². The van der Waals surface area contributed by atoms with Crippen LogP contribution in [-0.4, -0.2) is 55.2 Å². The highest BCUT2D eigenvalue weighted by Gasteiger charge is 2.34. The normalized spacial score (nSPS) is 18.3. The Balaban J connectivity index is 1.50. The molecule has 156 valence electrons. The topological polar surface area (TPSA) is 84.3 Å². The molecule has 1 aromatic heterocycles. The fourth-order valence-electron chi connectivity index (χ4n) is 4.56. The lowest BCUT2D eigenvalue weighted by molar-refractivity contribution is 0.0938. The van der Waals surface area contributed by atoms with Crippen LogP contribution in [0, 0.1) is 0 Å². The molecule has 2 aliphatic rings. The summed E-state index contributed by atoms with van der Waals surface area (Å²) in [6, 6.07) is 7.49. The van der Waals surface area contributed by atoms with Gasteiger partial charge in [-0.2, -0.15) is 5.10 Å². The van der Waals surface area contributed by atoms with Crippen LogP contribution in [-0.2, 0) is 22.6 Å². The van der Waals surface area contributed by atoms with Crippen LogP contribution in [0.5, 0.6) is 0 Å². The maximum absolute atomic E-state index is 12.8. The molecule has 1 aliphatic heterocycles. The number of aromatic nitrogens is 2. The Bertz CT molecular complexity index is 1020. The van der Waals surface area contributed by atoms with Crippen molar-refractivity contribution in [1.82, 2.24) is 20.0 Å². The third kappa shape index (κ3) is 3.83. The van der Waals surface area contributed by atoms with Gasteiger partial charge in [0.05, 0.1) is 16.3 Å². The van der Waals surface area contributed by atoms with E-state index in [-0.39, 0.29) is 17.4 Å². The molecule has 0 saturated heterocycles. The Kier molecular flexibility index (Phi) is 5.48. The van der Waals surface area contributed by atoms with Gasteiger partial charge in [-0.15, -0.1) is 0 Å². The zero-order chi connectivity index (χ0) is 20.6. The SMILES string of the molecule is CN(CCNC(=O)c1nn(C)c2c1CS(=O)(=O)c1ccccc1-2)C1CCCCC1. The highest BCUT2D eigenvalue weighted by Crippen LogP contribution is 2.38. The molecule has 0 spiro atoms. The molecule has 0 atom stereocenters. The molecule has 8 heteroatoms. The minimum atomic E-state index is -3.49. The van der Waals surface area contributed by atoms with E-state index in [2.05, 4.69) is 22.4 Å². The van der Waals surface area contributed by atoms with E-state index in [4.69, 9.17) is 0 Å². The number of nitrogens with one attached hydrogen (secondary N) is 1. The summed E-state index contributed by atoms with van der Waals surface area (Å²) in [5, 5.41) is 7.30. The second kappa shape index (κ2) is 7.91. The monoisotopic (exact) mass is 416 g/mol. The lowest BCUT2D eigenvalue weighted by Gasteiger charge is -2.31. The van der Waals surface area contributed by atoms with E-state index in [1.54, 1.807) is 36.0 Å². The average Bonchev–Trinajstić information content (AvgIpc) is 3.04. The Morgan fingerprint density at radius 1 is 1.24 bits per heavy atom. The Hall–Kier alpha value is -2.19. The van der Waals surface area contributed by atoms with Gasteiger partial charge in [0.1, 0.15) is 0 Å². The Morgan fingerprint density at radius 2 is 1.97 bits per heavy atom. The maximum atomic E-state index is 12.8. The fraction of sp³-hybridized carbons (Fsp3) is 0.524. The molecule has 29 heavy (non-hydrogen) atoms. The lowest BCUT2D eigenvalue weighted by Crippen LogP contribution is -2.39. The number of carbonyl (C=O) groups is 1. The van der Waals surface area contributed by atoms with Crippen molar-refractivity contribution in [3.05, 3.63) is 35.5 Å². The van der Waals surface area contributed by atoms with Crippen LogP contribution in [0.15, 0.2) is 29.2 Å². The first-order valence-corrected chi connectivity index (χ1v) is 11.9. The van der Waals surface area contributed by atoms with Gasteiger partial charge in [-0.05, 0) is 26.0 Å². The van der Waals surface area contributed by atoms with Gasteiger partial charge in [0, 0.05) is 37.3 Å². The molecule has 1 N–H and O–H groups in total. The molecule has 4 rings (SSSR count). The first kappa shape index (κ1) is 20.1. The van der Waals surface area contributed by atoms with E-state index in [1.165, 1.54) is 32.1 Å². The fourth-order valence-corrected chi connectivity index (χ4v) is 6.15. The molecule has 1 saturated carbocycles. The summed E-state index contributed by atoms with van der Waals surface area (Å²) in [6.45, 7) is 1.28. The van der Waals surface area contributed by atoms with Crippen LogP contribution in [0.1, 0.15) is 48.2 Å². The molecule has 1 aromatic carbocycles. The average molecular weight is 417 g/mol. The molecule has 2 aromatic rings. The Labute approximate surface area is 172 Å². The molecule has 1 aliphatic carbocycles. The molecular weight excluding hydrogens is 388 g/mol. The van der Waals surface area contributed by atoms with E-state index in [1.807, 2.05) is 0 Å². The number of rotatable bonds is 5. The van der Waals surface area contributed by atoms with E-state index in [0.29, 0.717) is 34.3 Å². The zero-order valence-electron chi connectivity index (χ0n) is 17.0. The first-order chi connectivity index (χ1) is 13.9. The maximum Gasteiger partial charge on any atom is 0.272 e. The van der Waals surface area contributed by atoms with E-state index in [9.17, 15) is 13.2 Å². The predicted octanol–water partition coefficient (Wildman–Crippen LogP) is 2.37. The van der Waals surface area contributed by atoms with E-state index >= 15 is 0 Å². The van der Waals surface area contributed by atoms with Crippen molar-refractivity contribution in [2.24, 2.45) is 7.05 Å². The molecule has 0 unspecified atom stereocenters. The highest BCUT2D eigenvalue weighted by molar-refractivity contribution is 7.90. The number of carbonyl (C=O) groups excluding carboxylic acids is 1. The molecule has 0 radical (unpaired) electrons. The molecule has 0 bridgehead atoms. The van der Waals surface area contributed by atoms with Crippen molar-refractivity contribution in [1.29, 1.82) is 0 Å². The number of nitrogens with zero attached hydrogens (tertiary/aromatic N) is 3. The van der Waals surface area contributed by atoms with Gasteiger partial charge in [-0.3, -0.25) is 9.48 Å². The number of amides is 1. The van der Waals surface area contributed by atoms with Crippen molar-refractivity contribution in [2.45, 2.75) is 48.8 Å². The minimum Gasteiger partial charge on any atom is -0.349 e. The largest absolute Gasteiger partial charge is 0.349 e. The number of aryl methyl sites for hydroxylation is 1. The number of hydrogen-bond donors (Lipinski definition) is 1. The number of fused-ring (bicyclic) bond motifs is 3. The molecule has 1 fully saturated rings. The van der Waals surface area contributed by atoms with Gasteiger partial charge in [0.15, 0.2) is 15.5 Å². The summed E-state index contributed by atoms with van der Waals surface area (Å²) in [4.78, 5) is 15.4. The van der Waals surface area contributed by atoms with Crippen LogP contribution < -0.4 is 5.32 Å². The minimum absolute atomic E-state index is 0.197. The summed E-state index contributed by atoms with van der Waals surface area (Å²) in [6.07, 6.45) is 6.30. The van der Waals surface area contributed by atoms with E-state index < -0.39 is 9.84 Å². The number of likely N-dealkylation sites (N-methyl/N-ethyl adjacent to an activating group) is 1. The first-order valence-electron chi connectivity index (χ1n) is 10.2. The molecule has 1 amide bonds. The zero-order valence-corrected chi connectivity index (χ0v) is 17.8. The number of benzene rings is 1. The van der Waals surface area contributed by atoms with Crippen LogP contribution in [0.3, 0.4) is 0 Å². The third-order valence-electron chi connectivity index (χ3n) is 6.12. The summed E-state index contributed by atoms with van der Waals surface area (Å²) in [5.74, 6) is -0.508. The molecular formula is C21H28N4O3S. The van der Waals surface area contributed by atoms with Gasteiger partial charge in [-0.25, -0.2) is 8.42 Å². The van der Waals surface area contributed by atoms with E-state index in [0.717, 1.165) is 6.54 Å². The van der Waals surface area contributed by atoms with Crippen LogP contribution in [0.25, 0.3) is 11.3 Å². The highest BCUT2D eigenvalue weighted by atomic mass is 32.2. The van der Waals surface area contributed by atoms with Crippen LogP contribution >= 0.6 is 0 Å². The predicted molar refractivity (Wildman–Crippen MR) is 111 cm³/mol. The summed E-state index contributed by atoms with van der Waals surface area (Å²) in [7, 11) is 0.368. The van der Waals surface area contributed by atoms with Crippen LogP contribution in [0.2, 0.25) is 0 Å². The number of sulfone groups is 1. The lowest BCUT2D eigenvalue weighted by atomic mass is 9.94. The van der Waals surface area contributed by atoms with Gasteiger partial charge in [-0.1, -0.05) is 37.5 Å². The van der Waals surface area contributed by atoms with Gasteiger partial charge >= 0.3 is 0 Å². The van der Waals surface area contributed by atoms with Gasteiger partial charge < -0.3 is 10.2 Å². The van der Waals surface area contributed by atoms with Crippen molar-refractivity contribution in [3.8, 4) is 11.3 Å². The quantitative estimate of drug-likeness (QED) is 0.809. The standard InChI is InChI=1S/C21H28N4O3S/c1-24(15-8-4-3-5-9-15)13-12-22-21(26)19-17-14-29(27,28)18-11-7-6-10-16(18)20(17)25(2)23-19/h6-7,10-11,15H,3-5,8-9,12-14H2,1-2H3,(H,22,26). The second-order valence-electron chi connectivity index (χ2n) is 8.08. The summed E-state index contributed by atoms with van der Waals surface area (Å²) in [5.41, 5.74) is 2.02. The van der Waals surface area contributed by atoms with Crippen molar-refractivity contribution < 1.29 is 13.2 Å². The van der Waals surface area contributed by atoms with Crippen molar-refractivity contribution >= 4 is 15.7 Å². The summed E-state index contributed by atoms with van der Waals surface area (Å²) >= 11 is 0.